The number of ether oxygens (including phenoxy) is 8. The lowest BCUT2D eigenvalue weighted by Gasteiger charge is -2.41. The Labute approximate surface area is 352 Å². The summed E-state index contributed by atoms with van der Waals surface area (Å²) in [5.74, 6) is 1.75. The molecule has 2 aliphatic heterocycles. The Balaban J connectivity index is 1.42. The molecule has 0 spiro atoms. The number of rotatable bonds is 15. The normalized spacial score (nSPS) is 15.0. The van der Waals surface area contributed by atoms with Crippen LogP contribution in [0.1, 0.15) is 81.7 Å². The number of Topliss-reactive ketones (excluding diaryl/α,β-unsaturated/α-hetero) is 1. The highest BCUT2D eigenvalue weighted by molar-refractivity contribution is 6.07. The molecule has 13 heteroatoms. The monoisotopic (exact) mass is 824 g/mol. The minimum Gasteiger partial charge on any atom is -0.497 e. The van der Waals surface area contributed by atoms with Gasteiger partial charge in [0.15, 0.2) is 17.3 Å². The summed E-state index contributed by atoms with van der Waals surface area (Å²) in [5.41, 5.74) is 5.67. The molecule has 0 aliphatic carbocycles. The summed E-state index contributed by atoms with van der Waals surface area (Å²) in [6.07, 6.45) is -0.637. The first-order valence-corrected chi connectivity index (χ1v) is 19.9. The second-order valence-corrected chi connectivity index (χ2v) is 16.1. The van der Waals surface area contributed by atoms with Crippen LogP contribution in [0.2, 0.25) is 0 Å². The van der Waals surface area contributed by atoms with Crippen molar-refractivity contribution in [2.24, 2.45) is 0 Å². The van der Waals surface area contributed by atoms with E-state index < -0.39 is 29.7 Å². The number of methoxy groups -OCH3 is 3. The molecule has 13 nitrogen and oxygen atoms in total. The number of hydrogen-bond acceptors (Lipinski definition) is 11. The molecule has 2 amide bonds. The van der Waals surface area contributed by atoms with Gasteiger partial charge in [0.25, 0.3) is 0 Å². The third-order valence-electron chi connectivity index (χ3n) is 10.9. The van der Waals surface area contributed by atoms with Gasteiger partial charge in [0, 0.05) is 24.6 Å². The van der Waals surface area contributed by atoms with Crippen molar-refractivity contribution < 1.29 is 52.3 Å². The first-order valence-electron chi connectivity index (χ1n) is 19.9. The molecule has 0 saturated heterocycles. The van der Waals surface area contributed by atoms with E-state index in [1.807, 2.05) is 74.5 Å². The molecule has 0 radical (unpaired) electrons. The van der Waals surface area contributed by atoms with Gasteiger partial charge < -0.3 is 42.8 Å². The van der Waals surface area contributed by atoms with E-state index in [1.54, 1.807) is 49.0 Å². The van der Waals surface area contributed by atoms with E-state index in [9.17, 15) is 9.59 Å². The minimum atomic E-state index is -1.14. The number of likely N-dealkylation sites (N-methyl/N-ethyl adjacent to an activating group) is 1. The van der Waals surface area contributed by atoms with Crippen molar-refractivity contribution in [1.82, 2.24) is 9.80 Å². The number of ketones is 1. The Morgan fingerprint density at radius 1 is 0.833 bits per heavy atom. The van der Waals surface area contributed by atoms with Gasteiger partial charge in [-0.25, -0.2) is 4.79 Å². The second kappa shape index (κ2) is 18.6. The molecule has 2 aliphatic rings. The maximum Gasteiger partial charge on any atom is 0.410 e. The maximum atomic E-state index is 15.5. The summed E-state index contributed by atoms with van der Waals surface area (Å²) in [5, 5.41) is 0. The summed E-state index contributed by atoms with van der Waals surface area (Å²) in [6, 6.07) is 17.3. The molecular formula is C47H56N2O11. The standard InChI is InChI=1S/C47H56N2O11/c1-28-20-33(35(29(2)41(28)54-9)25-56-24-32-16-18-34(53-8)19-17-32)21-36(48(7)46(52)60-47(4,5)6)45(51)49-22-38(50)40-39(37(49)26-57-23-31-14-12-11-13-15-31)44-43(58-27-59-44)30(3)42(40)55-10/h11-20,36-37H,21-27H2,1-10H3/t36-,37+/m1/s1. The average Bonchev–Trinajstić information content (AvgIpc) is 3.72. The Morgan fingerprint density at radius 3 is 2.13 bits per heavy atom. The summed E-state index contributed by atoms with van der Waals surface area (Å²) < 4.78 is 47.4. The van der Waals surface area contributed by atoms with Crippen LogP contribution in [0.5, 0.6) is 28.7 Å². The van der Waals surface area contributed by atoms with Gasteiger partial charge in [-0.1, -0.05) is 48.5 Å². The smallest absolute Gasteiger partial charge is 0.410 e. The Hall–Kier alpha value is -5.79. The van der Waals surface area contributed by atoms with Crippen molar-refractivity contribution in [1.29, 1.82) is 0 Å². The van der Waals surface area contributed by atoms with Crippen LogP contribution in [0.25, 0.3) is 0 Å². The predicted octanol–water partition coefficient (Wildman–Crippen LogP) is 7.84. The van der Waals surface area contributed by atoms with Crippen molar-refractivity contribution in [3.05, 3.63) is 111 Å². The molecule has 0 N–H and O–H groups in total. The van der Waals surface area contributed by atoms with Gasteiger partial charge in [-0.05, 0) is 87.1 Å². The number of amides is 2. The summed E-state index contributed by atoms with van der Waals surface area (Å²) in [6.45, 7) is 11.4. The van der Waals surface area contributed by atoms with Gasteiger partial charge in [0.2, 0.25) is 12.7 Å². The molecule has 4 aromatic carbocycles. The van der Waals surface area contributed by atoms with E-state index in [0.29, 0.717) is 46.3 Å². The Morgan fingerprint density at radius 2 is 1.48 bits per heavy atom. The topological polar surface area (TPSA) is 132 Å². The second-order valence-electron chi connectivity index (χ2n) is 16.1. The van der Waals surface area contributed by atoms with Gasteiger partial charge in [-0.3, -0.25) is 14.5 Å². The quantitative estimate of drug-likeness (QED) is 0.116. The fraction of sp³-hybridized carbons (Fsp3) is 0.426. The fourth-order valence-corrected chi connectivity index (χ4v) is 7.93. The zero-order valence-corrected chi connectivity index (χ0v) is 36.3. The first-order chi connectivity index (χ1) is 28.7. The van der Waals surface area contributed by atoms with Crippen LogP contribution in [-0.4, -0.2) is 87.5 Å². The van der Waals surface area contributed by atoms with Gasteiger partial charge in [-0.2, -0.15) is 0 Å². The van der Waals surface area contributed by atoms with Crippen LogP contribution in [-0.2, 0) is 45.2 Å². The maximum absolute atomic E-state index is 15.5. The van der Waals surface area contributed by atoms with E-state index in [4.69, 9.17) is 37.9 Å². The van der Waals surface area contributed by atoms with Crippen molar-refractivity contribution in [2.75, 3.05) is 48.3 Å². The molecule has 320 valence electrons. The van der Waals surface area contributed by atoms with E-state index >= 15 is 4.79 Å². The summed E-state index contributed by atoms with van der Waals surface area (Å²) in [7, 11) is 6.28. The van der Waals surface area contributed by atoms with E-state index in [1.165, 1.54) is 16.9 Å². The van der Waals surface area contributed by atoms with Crippen molar-refractivity contribution in [2.45, 2.75) is 85.5 Å². The van der Waals surface area contributed by atoms with Crippen molar-refractivity contribution in [3.63, 3.8) is 0 Å². The van der Waals surface area contributed by atoms with Crippen LogP contribution in [0, 0.1) is 20.8 Å². The zero-order chi connectivity index (χ0) is 43.3. The number of nitrogens with zero attached hydrogens (tertiary/aromatic N) is 2. The highest BCUT2D eigenvalue weighted by Crippen LogP contribution is 2.51. The number of aryl methyl sites for hydroxylation is 1. The summed E-state index contributed by atoms with van der Waals surface area (Å²) >= 11 is 0. The number of carbonyl (C=O) groups excluding carboxylic acids is 3. The van der Waals surface area contributed by atoms with E-state index in [0.717, 1.165) is 39.1 Å². The van der Waals surface area contributed by atoms with Gasteiger partial charge in [0.1, 0.15) is 28.9 Å². The molecule has 2 atom stereocenters. The van der Waals surface area contributed by atoms with Crippen LogP contribution >= 0.6 is 0 Å². The Kier molecular flexibility index (Phi) is 13.6. The average molecular weight is 825 g/mol. The largest absolute Gasteiger partial charge is 0.497 e. The molecule has 0 saturated carbocycles. The van der Waals surface area contributed by atoms with Crippen molar-refractivity contribution in [3.8, 4) is 28.7 Å². The number of benzene rings is 4. The van der Waals surface area contributed by atoms with E-state index in [-0.39, 0.29) is 45.4 Å². The van der Waals surface area contributed by atoms with Crippen LogP contribution in [0.15, 0.2) is 60.7 Å². The molecular weight excluding hydrogens is 769 g/mol. The molecule has 0 fully saturated rings. The third-order valence-corrected chi connectivity index (χ3v) is 10.9. The van der Waals surface area contributed by atoms with Crippen LogP contribution in [0.3, 0.4) is 0 Å². The lowest BCUT2D eigenvalue weighted by atomic mass is 9.86. The number of fused-ring (bicyclic) bond motifs is 3. The number of carbonyl (C=O) groups is 3. The zero-order valence-electron chi connectivity index (χ0n) is 36.3. The van der Waals surface area contributed by atoms with Gasteiger partial charge in [0.05, 0.1) is 65.9 Å². The Bertz CT molecular complexity index is 2200. The third kappa shape index (κ3) is 9.32. The highest BCUT2D eigenvalue weighted by atomic mass is 16.7. The van der Waals surface area contributed by atoms with E-state index in [2.05, 4.69) is 0 Å². The van der Waals surface area contributed by atoms with Crippen LogP contribution in [0.4, 0.5) is 4.79 Å². The molecule has 4 aromatic rings. The molecule has 0 unspecified atom stereocenters. The van der Waals surface area contributed by atoms with Crippen molar-refractivity contribution >= 4 is 17.8 Å². The molecule has 6 rings (SSSR count). The highest BCUT2D eigenvalue weighted by Gasteiger charge is 2.46. The molecule has 60 heavy (non-hydrogen) atoms. The molecule has 2 heterocycles. The molecule has 0 bridgehead atoms. The van der Waals surface area contributed by atoms with Crippen LogP contribution < -0.4 is 23.7 Å². The molecule has 0 aromatic heterocycles. The first kappa shape index (κ1) is 43.8. The summed E-state index contributed by atoms with van der Waals surface area (Å²) in [4.78, 5) is 46.6. The number of hydrogen-bond donors (Lipinski definition) is 0. The van der Waals surface area contributed by atoms with Gasteiger partial charge in [-0.15, -0.1) is 0 Å². The van der Waals surface area contributed by atoms with Gasteiger partial charge >= 0.3 is 6.09 Å². The predicted molar refractivity (Wildman–Crippen MR) is 224 cm³/mol. The minimum absolute atomic E-state index is 0.00297. The lowest BCUT2D eigenvalue weighted by Crippen LogP contribution is -2.55. The SMILES string of the molecule is COc1ccc(COCc2c(C[C@H](C(=O)N3CC(=O)c4c(OC)c(C)c5c(c4[C@@H]3COCc3ccccc3)OCO5)N(C)C(=O)OC(C)(C)C)cc(C)c(OC)c2C)cc1. The fourth-order valence-electron chi connectivity index (χ4n) is 7.93. The lowest BCUT2D eigenvalue weighted by molar-refractivity contribution is -0.140.